The third-order valence-corrected chi connectivity index (χ3v) is 4.59. The van der Waals surface area contributed by atoms with Gasteiger partial charge in [-0.2, -0.15) is 0 Å². The highest BCUT2D eigenvalue weighted by atomic mass is 32.1. The van der Waals surface area contributed by atoms with Crippen LogP contribution in [0.5, 0.6) is 5.75 Å². The first-order valence-electron chi connectivity index (χ1n) is 7.64. The third kappa shape index (κ3) is 3.65. The van der Waals surface area contributed by atoms with Gasteiger partial charge in [-0.25, -0.2) is 9.78 Å². The molecule has 0 saturated carbocycles. The van der Waals surface area contributed by atoms with Gasteiger partial charge in [0, 0.05) is 5.69 Å². The van der Waals surface area contributed by atoms with Crippen molar-refractivity contribution in [2.45, 2.75) is 20.0 Å². The monoisotopic (exact) mass is 342 g/mol. The number of rotatable bonds is 5. The SMILES string of the molecule is CCc1cc(OCc2nc3ccccc3s2)ccc1NC(=O)OC. The van der Waals surface area contributed by atoms with Crippen LogP contribution in [0.4, 0.5) is 10.5 Å². The second kappa shape index (κ2) is 7.31. The van der Waals surface area contributed by atoms with Gasteiger partial charge in [0.2, 0.25) is 0 Å². The maximum Gasteiger partial charge on any atom is 0.411 e. The van der Waals surface area contributed by atoms with Crippen LogP contribution in [0.15, 0.2) is 42.5 Å². The quantitative estimate of drug-likeness (QED) is 0.735. The molecule has 0 fully saturated rings. The molecular weight excluding hydrogens is 324 g/mol. The number of para-hydroxylation sites is 1. The van der Waals surface area contributed by atoms with E-state index in [1.165, 1.54) is 7.11 Å². The zero-order chi connectivity index (χ0) is 16.9. The van der Waals surface area contributed by atoms with Crippen LogP contribution in [-0.2, 0) is 17.8 Å². The Morgan fingerprint density at radius 3 is 2.83 bits per heavy atom. The largest absolute Gasteiger partial charge is 0.486 e. The van der Waals surface area contributed by atoms with E-state index in [2.05, 4.69) is 21.1 Å². The van der Waals surface area contributed by atoms with E-state index in [1.807, 2.05) is 43.3 Å². The standard InChI is InChI=1S/C18H18N2O3S/c1-3-12-10-13(8-9-14(12)20-18(21)22-2)23-11-17-19-15-6-4-5-7-16(15)24-17/h4-10H,3,11H2,1-2H3,(H,20,21). The van der Waals surface area contributed by atoms with Crippen LogP contribution in [0.1, 0.15) is 17.5 Å². The normalized spacial score (nSPS) is 10.6. The first-order chi connectivity index (χ1) is 11.7. The minimum atomic E-state index is -0.479. The Kier molecular flexibility index (Phi) is 4.96. The predicted octanol–water partition coefficient (Wildman–Crippen LogP) is 4.62. The summed E-state index contributed by atoms with van der Waals surface area (Å²) >= 11 is 1.63. The highest BCUT2D eigenvalue weighted by Crippen LogP contribution is 2.26. The fraction of sp³-hybridized carbons (Fsp3) is 0.222. The van der Waals surface area contributed by atoms with E-state index in [4.69, 9.17) is 4.74 Å². The van der Waals surface area contributed by atoms with Gasteiger partial charge in [-0.05, 0) is 42.3 Å². The smallest absolute Gasteiger partial charge is 0.411 e. The fourth-order valence-corrected chi connectivity index (χ4v) is 3.24. The summed E-state index contributed by atoms with van der Waals surface area (Å²) in [5, 5.41) is 3.64. The number of nitrogens with one attached hydrogen (secondary N) is 1. The molecule has 0 aliphatic rings. The molecule has 3 aromatic rings. The number of aryl methyl sites for hydroxylation is 1. The van der Waals surface area contributed by atoms with E-state index in [-0.39, 0.29) is 0 Å². The molecule has 5 nitrogen and oxygen atoms in total. The number of hydrogen-bond acceptors (Lipinski definition) is 5. The van der Waals surface area contributed by atoms with Gasteiger partial charge < -0.3 is 9.47 Å². The topological polar surface area (TPSA) is 60.5 Å². The molecule has 24 heavy (non-hydrogen) atoms. The number of nitrogens with zero attached hydrogens (tertiary/aromatic N) is 1. The van der Waals surface area contributed by atoms with Gasteiger partial charge in [-0.15, -0.1) is 11.3 Å². The third-order valence-electron chi connectivity index (χ3n) is 3.58. The number of anilines is 1. The fourth-order valence-electron chi connectivity index (χ4n) is 2.36. The number of benzene rings is 2. The van der Waals surface area contributed by atoms with E-state index in [9.17, 15) is 4.79 Å². The number of carbonyl (C=O) groups is 1. The molecular formula is C18H18N2O3S. The van der Waals surface area contributed by atoms with Crippen molar-refractivity contribution in [1.82, 2.24) is 4.98 Å². The Morgan fingerprint density at radius 1 is 1.25 bits per heavy atom. The second-order valence-electron chi connectivity index (χ2n) is 5.15. The number of aromatic nitrogens is 1. The Labute approximate surface area is 144 Å². The molecule has 3 rings (SSSR count). The van der Waals surface area contributed by atoms with E-state index < -0.39 is 6.09 Å². The highest BCUT2D eigenvalue weighted by molar-refractivity contribution is 7.18. The molecule has 0 aliphatic carbocycles. The molecule has 6 heteroatoms. The molecule has 0 atom stereocenters. The van der Waals surface area contributed by atoms with Gasteiger partial charge in [0.15, 0.2) is 0 Å². The number of methoxy groups -OCH3 is 1. The lowest BCUT2D eigenvalue weighted by molar-refractivity contribution is 0.187. The van der Waals surface area contributed by atoms with Gasteiger partial charge >= 0.3 is 6.09 Å². The molecule has 0 bridgehead atoms. The van der Waals surface area contributed by atoms with Crippen LogP contribution in [0.25, 0.3) is 10.2 Å². The second-order valence-corrected chi connectivity index (χ2v) is 6.27. The van der Waals surface area contributed by atoms with Crippen LogP contribution in [0.2, 0.25) is 0 Å². The number of thiazole rings is 1. The van der Waals surface area contributed by atoms with Crippen molar-refractivity contribution >= 4 is 33.3 Å². The summed E-state index contributed by atoms with van der Waals surface area (Å²) < 4.78 is 11.6. The summed E-state index contributed by atoms with van der Waals surface area (Å²) in [5.74, 6) is 0.751. The first-order valence-corrected chi connectivity index (χ1v) is 8.46. The molecule has 1 heterocycles. The number of fused-ring (bicyclic) bond motifs is 1. The van der Waals surface area contributed by atoms with E-state index in [0.29, 0.717) is 6.61 Å². The lowest BCUT2D eigenvalue weighted by Gasteiger charge is -2.11. The molecule has 2 aromatic carbocycles. The van der Waals surface area contributed by atoms with Crippen LogP contribution in [0.3, 0.4) is 0 Å². The Hall–Kier alpha value is -2.60. The van der Waals surface area contributed by atoms with E-state index in [0.717, 1.165) is 38.6 Å². The average molecular weight is 342 g/mol. The van der Waals surface area contributed by atoms with Crippen molar-refractivity contribution in [3.05, 3.63) is 53.0 Å². The Balaban J connectivity index is 1.71. The number of ether oxygens (including phenoxy) is 2. The average Bonchev–Trinajstić information content (AvgIpc) is 3.03. The Bertz CT molecular complexity index is 827. The summed E-state index contributed by atoms with van der Waals surface area (Å²) in [5.41, 5.74) is 2.71. The zero-order valence-electron chi connectivity index (χ0n) is 13.5. The van der Waals surface area contributed by atoms with Gasteiger partial charge in [-0.3, -0.25) is 5.32 Å². The minimum Gasteiger partial charge on any atom is -0.486 e. The molecule has 1 N–H and O–H groups in total. The number of amides is 1. The van der Waals surface area contributed by atoms with Crippen LogP contribution in [-0.4, -0.2) is 18.2 Å². The molecule has 0 unspecified atom stereocenters. The maximum atomic E-state index is 11.4. The lowest BCUT2D eigenvalue weighted by Crippen LogP contribution is -2.12. The van der Waals surface area contributed by atoms with Crippen LogP contribution >= 0.6 is 11.3 Å². The van der Waals surface area contributed by atoms with Crippen molar-refractivity contribution in [3.63, 3.8) is 0 Å². The summed E-state index contributed by atoms with van der Waals surface area (Å²) in [4.78, 5) is 15.9. The van der Waals surface area contributed by atoms with Crippen molar-refractivity contribution < 1.29 is 14.3 Å². The van der Waals surface area contributed by atoms with Gasteiger partial charge in [-0.1, -0.05) is 19.1 Å². The Morgan fingerprint density at radius 2 is 2.08 bits per heavy atom. The highest BCUT2D eigenvalue weighted by Gasteiger charge is 2.08. The number of carbonyl (C=O) groups excluding carboxylic acids is 1. The van der Waals surface area contributed by atoms with Crippen LogP contribution < -0.4 is 10.1 Å². The number of hydrogen-bond donors (Lipinski definition) is 1. The molecule has 124 valence electrons. The summed E-state index contributed by atoms with van der Waals surface area (Å²) in [6, 6.07) is 13.6. The molecule has 0 aliphatic heterocycles. The van der Waals surface area contributed by atoms with Gasteiger partial charge in [0.1, 0.15) is 17.4 Å². The van der Waals surface area contributed by atoms with E-state index >= 15 is 0 Å². The molecule has 0 radical (unpaired) electrons. The first kappa shape index (κ1) is 16.3. The maximum absolute atomic E-state index is 11.4. The van der Waals surface area contributed by atoms with Crippen LogP contribution in [0, 0.1) is 0 Å². The summed E-state index contributed by atoms with van der Waals surface area (Å²) in [6.07, 6.45) is 0.297. The predicted molar refractivity (Wildman–Crippen MR) is 95.8 cm³/mol. The molecule has 1 amide bonds. The van der Waals surface area contributed by atoms with Gasteiger partial charge in [0.05, 0.1) is 17.3 Å². The van der Waals surface area contributed by atoms with Crippen molar-refractivity contribution in [2.75, 3.05) is 12.4 Å². The van der Waals surface area contributed by atoms with E-state index in [1.54, 1.807) is 11.3 Å². The molecule has 0 spiro atoms. The molecule has 0 saturated heterocycles. The van der Waals surface area contributed by atoms with Crippen molar-refractivity contribution in [2.24, 2.45) is 0 Å². The lowest BCUT2D eigenvalue weighted by atomic mass is 10.1. The summed E-state index contributed by atoms with van der Waals surface area (Å²) in [6.45, 7) is 2.45. The van der Waals surface area contributed by atoms with Gasteiger partial charge in [0.25, 0.3) is 0 Å². The molecule has 1 aromatic heterocycles. The zero-order valence-corrected chi connectivity index (χ0v) is 14.4. The summed E-state index contributed by atoms with van der Waals surface area (Å²) in [7, 11) is 1.34. The minimum absolute atomic E-state index is 0.423. The van der Waals surface area contributed by atoms with Crippen molar-refractivity contribution in [3.8, 4) is 5.75 Å². The van der Waals surface area contributed by atoms with Crippen molar-refractivity contribution in [1.29, 1.82) is 0 Å².